The van der Waals surface area contributed by atoms with Gasteiger partial charge in [-0.25, -0.2) is 0 Å². The largest absolute Gasteiger partial charge is 0.327 e. The highest BCUT2D eigenvalue weighted by Crippen LogP contribution is 2.34. The molecule has 2 unspecified atom stereocenters. The topological polar surface area (TPSA) is 43.8 Å². The van der Waals surface area contributed by atoms with Crippen molar-refractivity contribution in [3.8, 4) is 0 Å². The summed E-state index contributed by atoms with van der Waals surface area (Å²) in [4.78, 5) is 0. The second kappa shape index (κ2) is 5.80. The maximum absolute atomic E-state index is 6.49. The first-order valence-electron chi connectivity index (χ1n) is 7.55. The Hall–Kier alpha value is -1.61. The Balaban J connectivity index is 1.67. The van der Waals surface area contributed by atoms with Crippen molar-refractivity contribution < 1.29 is 0 Å². The monoisotopic (exact) mass is 269 g/mol. The number of fused-ring (bicyclic) bond motifs is 1. The summed E-state index contributed by atoms with van der Waals surface area (Å²) in [7, 11) is 1.96. The molecule has 2 N–H and O–H groups in total. The van der Waals surface area contributed by atoms with Crippen molar-refractivity contribution in [1.29, 1.82) is 0 Å². The first kappa shape index (κ1) is 13.4. The molecule has 1 aliphatic rings. The average molecular weight is 269 g/mol. The third-order valence-corrected chi connectivity index (χ3v) is 4.46. The lowest BCUT2D eigenvalue weighted by Crippen LogP contribution is -2.31. The van der Waals surface area contributed by atoms with Crippen molar-refractivity contribution >= 4 is 0 Å². The molecule has 3 nitrogen and oxygen atoms in total. The van der Waals surface area contributed by atoms with Crippen LogP contribution in [0, 0.1) is 0 Å². The lowest BCUT2D eigenvalue weighted by atomic mass is 9.78. The van der Waals surface area contributed by atoms with E-state index in [1.807, 2.05) is 17.9 Å². The summed E-state index contributed by atoms with van der Waals surface area (Å²) in [5.41, 5.74) is 10.8. The Morgan fingerprint density at radius 1 is 1.40 bits per heavy atom. The molecule has 0 spiro atoms. The van der Waals surface area contributed by atoms with Gasteiger partial charge in [0.1, 0.15) is 0 Å². The van der Waals surface area contributed by atoms with E-state index < -0.39 is 0 Å². The molecular formula is C17H23N3. The first-order chi connectivity index (χ1) is 9.74. The molecule has 3 rings (SSSR count). The molecule has 0 amide bonds. The van der Waals surface area contributed by atoms with E-state index in [0.717, 1.165) is 12.8 Å². The number of aryl methyl sites for hydroxylation is 3. The van der Waals surface area contributed by atoms with Crippen LogP contribution >= 0.6 is 0 Å². The smallest absolute Gasteiger partial charge is 0.0521 e. The van der Waals surface area contributed by atoms with Crippen molar-refractivity contribution in [2.45, 2.75) is 44.1 Å². The van der Waals surface area contributed by atoms with Gasteiger partial charge in [0, 0.05) is 19.3 Å². The number of benzene rings is 1. The molecule has 0 saturated carbocycles. The van der Waals surface area contributed by atoms with Crippen LogP contribution in [0.15, 0.2) is 36.7 Å². The summed E-state index contributed by atoms with van der Waals surface area (Å²) in [6.07, 6.45) is 9.79. The fourth-order valence-corrected chi connectivity index (χ4v) is 3.37. The van der Waals surface area contributed by atoms with Crippen LogP contribution in [-0.2, 0) is 19.9 Å². The number of nitrogens with two attached hydrogens (primary N) is 1. The van der Waals surface area contributed by atoms with Gasteiger partial charge in [-0.1, -0.05) is 24.3 Å². The van der Waals surface area contributed by atoms with Gasteiger partial charge in [-0.2, -0.15) is 5.10 Å². The zero-order valence-electron chi connectivity index (χ0n) is 12.1. The van der Waals surface area contributed by atoms with Crippen LogP contribution in [0.5, 0.6) is 0 Å². The predicted octanol–water partition coefficient (Wildman–Crippen LogP) is 2.80. The molecule has 20 heavy (non-hydrogen) atoms. The minimum absolute atomic E-state index is 0.247. The predicted molar refractivity (Wildman–Crippen MR) is 81.6 cm³/mol. The molecular weight excluding hydrogens is 246 g/mol. The van der Waals surface area contributed by atoms with Gasteiger partial charge in [-0.05, 0) is 54.7 Å². The lowest BCUT2D eigenvalue weighted by Gasteiger charge is -2.30. The number of hydrogen-bond acceptors (Lipinski definition) is 2. The standard InChI is InChI=1S/C17H23N3/c1-20-12-13(11-19-20)9-10-17(18)16-8-4-6-14-5-2-3-7-15(14)16/h2-3,5,7,11-12,16-17H,4,6,8-10,18H2,1H3. The first-order valence-corrected chi connectivity index (χ1v) is 7.55. The summed E-state index contributed by atoms with van der Waals surface area (Å²) in [6.45, 7) is 0. The van der Waals surface area contributed by atoms with E-state index in [0.29, 0.717) is 5.92 Å². The van der Waals surface area contributed by atoms with Gasteiger partial charge in [0.2, 0.25) is 0 Å². The third-order valence-electron chi connectivity index (χ3n) is 4.46. The van der Waals surface area contributed by atoms with Crippen molar-refractivity contribution in [2.24, 2.45) is 12.8 Å². The van der Waals surface area contributed by atoms with Gasteiger partial charge in [-0.3, -0.25) is 4.68 Å². The molecule has 0 aliphatic heterocycles. The zero-order chi connectivity index (χ0) is 13.9. The Morgan fingerprint density at radius 3 is 3.05 bits per heavy atom. The summed E-state index contributed by atoms with van der Waals surface area (Å²) in [5, 5.41) is 4.22. The molecule has 3 heteroatoms. The van der Waals surface area contributed by atoms with E-state index >= 15 is 0 Å². The Labute approximate surface area is 120 Å². The molecule has 1 heterocycles. The number of hydrogen-bond donors (Lipinski definition) is 1. The second-order valence-corrected chi connectivity index (χ2v) is 5.92. The minimum atomic E-state index is 0.247. The van der Waals surface area contributed by atoms with E-state index in [1.165, 1.54) is 36.0 Å². The molecule has 106 valence electrons. The van der Waals surface area contributed by atoms with Gasteiger partial charge in [0.15, 0.2) is 0 Å². The Bertz CT molecular complexity index is 573. The lowest BCUT2D eigenvalue weighted by molar-refractivity contribution is 0.442. The SMILES string of the molecule is Cn1cc(CCC(N)C2CCCc3ccccc32)cn1. The maximum Gasteiger partial charge on any atom is 0.0521 e. The van der Waals surface area contributed by atoms with Gasteiger partial charge in [0.25, 0.3) is 0 Å². The van der Waals surface area contributed by atoms with Crippen molar-refractivity contribution in [2.75, 3.05) is 0 Å². The van der Waals surface area contributed by atoms with Crippen LogP contribution in [0.25, 0.3) is 0 Å². The highest BCUT2D eigenvalue weighted by molar-refractivity contribution is 5.33. The highest BCUT2D eigenvalue weighted by atomic mass is 15.2. The molecule has 0 saturated heterocycles. The van der Waals surface area contributed by atoms with Crippen LogP contribution in [0.1, 0.15) is 41.9 Å². The van der Waals surface area contributed by atoms with Crippen LogP contribution in [0.3, 0.4) is 0 Å². The Morgan fingerprint density at radius 2 is 2.25 bits per heavy atom. The van der Waals surface area contributed by atoms with Crippen molar-refractivity contribution in [1.82, 2.24) is 9.78 Å². The zero-order valence-corrected chi connectivity index (χ0v) is 12.1. The third kappa shape index (κ3) is 2.78. The van der Waals surface area contributed by atoms with Gasteiger partial charge in [0.05, 0.1) is 6.20 Å². The highest BCUT2D eigenvalue weighted by Gasteiger charge is 2.25. The quantitative estimate of drug-likeness (QED) is 0.927. The molecule has 2 atom stereocenters. The van der Waals surface area contributed by atoms with Crippen molar-refractivity contribution in [3.63, 3.8) is 0 Å². The van der Waals surface area contributed by atoms with Crippen molar-refractivity contribution in [3.05, 3.63) is 53.3 Å². The van der Waals surface area contributed by atoms with E-state index in [1.54, 1.807) is 0 Å². The second-order valence-electron chi connectivity index (χ2n) is 5.92. The fraction of sp³-hybridized carbons (Fsp3) is 0.471. The van der Waals surface area contributed by atoms with Gasteiger partial charge < -0.3 is 5.73 Å². The number of nitrogens with zero attached hydrogens (tertiary/aromatic N) is 2. The van der Waals surface area contributed by atoms with Crippen LogP contribution in [0.2, 0.25) is 0 Å². The molecule has 0 radical (unpaired) electrons. The van der Waals surface area contributed by atoms with Gasteiger partial charge >= 0.3 is 0 Å². The summed E-state index contributed by atoms with van der Waals surface area (Å²) < 4.78 is 1.86. The van der Waals surface area contributed by atoms with Crippen LogP contribution < -0.4 is 5.73 Å². The minimum Gasteiger partial charge on any atom is -0.327 e. The maximum atomic E-state index is 6.49. The number of aromatic nitrogens is 2. The van der Waals surface area contributed by atoms with E-state index in [4.69, 9.17) is 5.73 Å². The van der Waals surface area contributed by atoms with E-state index in [9.17, 15) is 0 Å². The molecule has 1 aromatic carbocycles. The summed E-state index contributed by atoms with van der Waals surface area (Å²) in [5.74, 6) is 0.525. The summed E-state index contributed by atoms with van der Waals surface area (Å²) >= 11 is 0. The fourth-order valence-electron chi connectivity index (χ4n) is 3.37. The van der Waals surface area contributed by atoms with Crippen LogP contribution in [-0.4, -0.2) is 15.8 Å². The van der Waals surface area contributed by atoms with Crippen LogP contribution in [0.4, 0.5) is 0 Å². The molecule has 0 bridgehead atoms. The molecule has 1 aromatic heterocycles. The average Bonchev–Trinajstić information content (AvgIpc) is 2.90. The Kier molecular flexibility index (Phi) is 3.88. The molecule has 0 fully saturated rings. The van der Waals surface area contributed by atoms with Gasteiger partial charge in [-0.15, -0.1) is 0 Å². The van der Waals surface area contributed by atoms with E-state index in [2.05, 4.69) is 35.6 Å². The molecule has 1 aliphatic carbocycles. The summed E-state index contributed by atoms with van der Waals surface area (Å²) in [6, 6.07) is 9.06. The number of rotatable bonds is 4. The van der Waals surface area contributed by atoms with E-state index in [-0.39, 0.29) is 6.04 Å². The normalized spacial score (nSPS) is 19.6. The molecule has 2 aromatic rings.